The molecule has 2 N–H and O–H groups in total. The highest BCUT2D eigenvalue weighted by Crippen LogP contribution is 2.37. The molecule has 0 heterocycles. The van der Waals surface area contributed by atoms with Crippen molar-refractivity contribution in [3.05, 3.63) is 29.3 Å². The van der Waals surface area contributed by atoms with E-state index in [0.29, 0.717) is 6.42 Å². The van der Waals surface area contributed by atoms with Crippen LogP contribution in [0.1, 0.15) is 30.4 Å². The van der Waals surface area contributed by atoms with Gasteiger partial charge in [-0.1, -0.05) is 6.07 Å². The first kappa shape index (κ1) is 14.3. The molecule has 5 heteroatoms. The van der Waals surface area contributed by atoms with Crippen molar-refractivity contribution in [1.82, 2.24) is 0 Å². The Morgan fingerprint density at radius 3 is 2.79 bits per heavy atom. The molecule has 0 radical (unpaired) electrons. The summed E-state index contributed by atoms with van der Waals surface area (Å²) in [7, 11) is -1.37. The normalized spacial score (nSPS) is 22.9. The van der Waals surface area contributed by atoms with Crippen molar-refractivity contribution in [2.75, 3.05) is 19.1 Å². The van der Waals surface area contributed by atoms with Crippen LogP contribution in [0.5, 0.6) is 5.75 Å². The van der Waals surface area contributed by atoms with Crippen LogP contribution < -0.4 is 10.5 Å². The van der Waals surface area contributed by atoms with Gasteiger partial charge in [-0.2, -0.15) is 0 Å². The molecule has 1 aliphatic rings. The van der Waals surface area contributed by atoms with Crippen LogP contribution in [0.3, 0.4) is 0 Å². The molecule has 0 fully saturated rings. The molecule has 0 saturated heterocycles. The zero-order valence-corrected chi connectivity index (χ0v) is 12.3. The van der Waals surface area contributed by atoms with Crippen molar-refractivity contribution in [3.8, 4) is 5.75 Å². The van der Waals surface area contributed by atoms with Gasteiger partial charge < -0.3 is 10.5 Å². The number of benzene rings is 1. The minimum atomic E-state index is -2.99. The van der Waals surface area contributed by atoms with Gasteiger partial charge in [-0.05, 0) is 48.9 Å². The topological polar surface area (TPSA) is 69.4 Å². The third kappa shape index (κ3) is 3.28. The summed E-state index contributed by atoms with van der Waals surface area (Å²) in [5.74, 6) is 0.898. The van der Waals surface area contributed by atoms with E-state index in [1.54, 1.807) is 7.11 Å². The fourth-order valence-electron chi connectivity index (χ4n) is 2.72. The van der Waals surface area contributed by atoms with Gasteiger partial charge in [0.1, 0.15) is 15.6 Å². The van der Waals surface area contributed by atoms with Crippen LogP contribution in [0.2, 0.25) is 0 Å². The highest BCUT2D eigenvalue weighted by Gasteiger charge is 2.33. The second-order valence-corrected chi connectivity index (χ2v) is 7.67. The minimum Gasteiger partial charge on any atom is -0.497 e. The molecule has 0 aliphatic heterocycles. The average Bonchev–Trinajstić information content (AvgIpc) is 2.36. The van der Waals surface area contributed by atoms with E-state index in [9.17, 15) is 8.42 Å². The summed E-state index contributed by atoms with van der Waals surface area (Å²) in [6.07, 6.45) is 4.54. The second-order valence-electron chi connectivity index (χ2n) is 5.41. The van der Waals surface area contributed by atoms with E-state index in [2.05, 4.69) is 0 Å². The molecular formula is C14H21NO3S. The summed E-state index contributed by atoms with van der Waals surface area (Å²) in [6, 6.07) is 5.92. The molecule has 1 aromatic carbocycles. The third-order valence-electron chi connectivity index (χ3n) is 3.84. The van der Waals surface area contributed by atoms with E-state index in [-0.39, 0.29) is 5.75 Å². The van der Waals surface area contributed by atoms with Crippen molar-refractivity contribution in [1.29, 1.82) is 0 Å². The Balaban J connectivity index is 2.33. The van der Waals surface area contributed by atoms with Gasteiger partial charge in [0, 0.05) is 11.8 Å². The third-order valence-corrected chi connectivity index (χ3v) is 4.79. The molecule has 2 rings (SSSR count). The van der Waals surface area contributed by atoms with Gasteiger partial charge in [-0.25, -0.2) is 8.42 Å². The predicted octanol–water partition coefficient (Wildman–Crippen LogP) is 1.62. The van der Waals surface area contributed by atoms with Crippen LogP contribution in [-0.2, 0) is 21.8 Å². The van der Waals surface area contributed by atoms with E-state index < -0.39 is 15.4 Å². The minimum absolute atomic E-state index is 0.125. The maximum atomic E-state index is 11.4. The molecule has 0 spiro atoms. The summed E-state index contributed by atoms with van der Waals surface area (Å²) < 4.78 is 28.0. The summed E-state index contributed by atoms with van der Waals surface area (Å²) in [5.41, 5.74) is 8.19. The van der Waals surface area contributed by atoms with Gasteiger partial charge in [0.05, 0.1) is 12.9 Å². The molecule has 0 aromatic heterocycles. The van der Waals surface area contributed by atoms with Crippen molar-refractivity contribution < 1.29 is 13.2 Å². The number of methoxy groups -OCH3 is 1. The van der Waals surface area contributed by atoms with Crippen molar-refractivity contribution >= 4 is 9.84 Å². The number of hydrogen-bond donors (Lipinski definition) is 1. The summed E-state index contributed by atoms with van der Waals surface area (Å²) in [5, 5.41) is 0. The van der Waals surface area contributed by atoms with Crippen molar-refractivity contribution in [2.45, 2.75) is 31.2 Å². The number of hydrogen-bond acceptors (Lipinski definition) is 4. The molecule has 0 saturated carbocycles. The molecule has 0 bridgehead atoms. The van der Waals surface area contributed by atoms with E-state index in [1.165, 1.54) is 11.8 Å². The second kappa shape index (κ2) is 5.13. The van der Waals surface area contributed by atoms with Crippen LogP contribution in [0.15, 0.2) is 18.2 Å². The monoisotopic (exact) mass is 283 g/mol. The van der Waals surface area contributed by atoms with Crippen LogP contribution in [0.4, 0.5) is 0 Å². The Labute approximate surface area is 114 Å². The van der Waals surface area contributed by atoms with Gasteiger partial charge in [-0.15, -0.1) is 0 Å². The Bertz CT molecular complexity index is 568. The quantitative estimate of drug-likeness (QED) is 0.911. The lowest BCUT2D eigenvalue weighted by atomic mass is 9.75. The highest BCUT2D eigenvalue weighted by atomic mass is 32.2. The molecule has 1 aliphatic carbocycles. The molecule has 0 amide bonds. The molecule has 4 nitrogen and oxygen atoms in total. The van der Waals surface area contributed by atoms with Gasteiger partial charge in [0.25, 0.3) is 0 Å². The number of rotatable bonds is 4. The van der Waals surface area contributed by atoms with Gasteiger partial charge in [-0.3, -0.25) is 0 Å². The lowest BCUT2D eigenvalue weighted by Crippen LogP contribution is -2.41. The van der Waals surface area contributed by atoms with Gasteiger partial charge in [0.2, 0.25) is 0 Å². The fourth-order valence-corrected chi connectivity index (χ4v) is 3.46. The zero-order valence-electron chi connectivity index (χ0n) is 11.5. The number of aryl methyl sites for hydroxylation is 1. The summed E-state index contributed by atoms with van der Waals surface area (Å²) in [4.78, 5) is 0. The van der Waals surface area contributed by atoms with E-state index in [4.69, 9.17) is 10.5 Å². The summed E-state index contributed by atoms with van der Waals surface area (Å²) in [6.45, 7) is 0. The predicted molar refractivity (Wildman–Crippen MR) is 76.1 cm³/mol. The van der Waals surface area contributed by atoms with Crippen LogP contribution >= 0.6 is 0 Å². The fraction of sp³-hybridized carbons (Fsp3) is 0.571. The Hall–Kier alpha value is -1.07. The van der Waals surface area contributed by atoms with Crippen LogP contribution in [0, 0.1) is 0 Å². The molecule has 19 heavy (non-hydrogen) atoms. The maximum absolute atomic E-state index is 11.4. The average molecular weight is 283 g/mol. The van der Waals surface area contributed by atoms with E-state index >= 15 is 0 Å². The van der Waals surface area contributed by atoms with Crippen molar-refractivity contribution in [2.24, 2.45) is 5.73 Å². The Morgan fingerprint density at radius 2 is 2.16 bits per heavy atom. The Kier molecular flexibility index (Phi) is 3.87. The smallest absolute Gasteiger partial charge is 0.147 e. The van der Waals surface area contributed by atoms with E-state index in [1.807, 2.05) is 18.2 Å². The largest absolute Gasteiger partial charge is 0.497 e. The van der Waals surface area contributed by atoms with E-state index in [0.717, 1.165) is 30.6 Å². The number of sulfone groups is 1. The summed E-state index contributed by atoms with van der Waals surface area (Å²) >= 11 is 0. The standard InChI is InChI=1S/C14H21NO3S/c1-18-12-6-5-11-4-3-7-14(15,13(11)10-12)8-9-19(2,16)17/h5-6,10H,3-4,7-9,15H2,1-2H3. The maximum Gasteiger partial charge on any atom is 0.147 e. The first-order valence-electron chi connectivity index (χ1n) is 6.48. The molecule has 1 aromatic rings. The lowest BCUT2D eigenvalue weighted by Gasteiger charge is -2.36. The molecular weight excluding hydrogens is 262 g/mol. The molecule has 106 valence electrons. The number of nitrogens with two attached hydrogens (primary N) is 1. The zero-order chi connectivity index (χ0) is 14.1. The molecule has 1 unspecified atom stereocenters. The number of ether oxygens (including phenoxy) is 1. The highest BCUT2D eigenvalue weighted by molar-refractivity contribution is 7.90. The molecule has 1 atom stereocenters. The van der Waals surface area contributed by atoms with Gasteiger partial charge in [0.15, 0.2) is 0 Å². The SMILES string of the molecule is COc1ccc2c(c1)C(N)(CCS(C)(=O)=O)CCC2. The first-order valence-corrected chi connectivity index (χ1v) is 8.54. The first-order chi connectivity index (χ1) is 8.84. The Morgan fingerprint density at radius 1 is 1.42 bits per heavy atom. The number of fused-ring (bicyclic) bond motifs is 1. The van der Waals surface area contributed by atoms with Crippen LogP contribution in [0.25, 0.3) is 0 Å². The van der Waals surface area contributed by atoms with Gasteiger partial charge >= 0.3 is 0 Å². The van der Waals surface area contributed by atoms with Crippen molar-refractivity contribution in [3.63, 3.8) is 0 Å². The van der Waals surface area contributed by atoms with Crippen LogP contribution in [-0.4, -0.2) is 27.5 Å². The lowest BCUT2D eigenvalue weighted by molar-refractivity contribution is 0.355.